The number of nitrogens with zero attached hydrogens (tertiary/aromatic N) is 1. The van der Waals surface area contributed by atoms with Crippen molar-refractivity contribution in [2.45, 2.75) is 26.3 Å². The zero-order valence-corrected chi connectivity index (χ0v) is 9.06. The zero-order chi connectivity index (χ0) is 11.3. The highest BCUT2D eigenvalue weighted by Gasteiger charge is 2.14. The maximum absolute atomic E-state index is 11.2. The van der Waals surface area contributed by atoms with E-state index < -0.39 is 0 Å². The fraction of sp³-hybridized carbons (Fsp3) is 0.455. The van der Waals surface area contributed by atoms with E-state index in [1.165, 1.54) is 0 Å². The molecule has 0 radical (unpaired) electrons. The van der Waals surface area contributed by atoms with E-state index >= 15 is 0 Å². The van der Waals surface area contributed by atoms with Crippen LogP contribution in [0.2, 0.25) is 0 Å². The third kappa shape index (κ3) is 3.32. The van der Waals surface area contributed by atoms with Crippen molar-refractivity contribution in [1.29, 1.82) is 0 Å². The number of ether oxygens (including phenoxy) is 1. The lowest BCUT2D eigenvalue weighted by atomic mass is 10.0. The van der Waals surface area contributed by atoms with E-state index in [-0.39, 0.29) is 18.4 Å². The summed E-state index contributed by atoms with van der Waals surface area (Å²) in [5, 5.41) is 0. The first-order valence-corrected chi connectivity index (χ1v) is 4.96. The van der Waals surface area contributed by atoms with Gasteiger partial charge in [-0.05, 0) is 31.0 Å². The highest BCUT2D eigenvalue weighted by molar-refractivity contribution is 5.70. The van der Waals surface area contributed by atoms with Crippen molar-refractivity contribution in [3.8, 4) is 0 Å². The van der Waals surface area contributed by atoms with Gasteiger partial charge in [-0.2, -0.15) is 0 Å². The molecule has 1 rings (SSSR count). The first-order chi connectivity index (χ1) is 7.15. The number of pyridine rings is 1. The molecule has 15 heavy (non-hydrogen) atoms. The number of aromatic nitrogens is 1. The van der Waals surface area contributed by atoms with E-state index in [1.807, 2.05) is 13.0 Å². The Morgan fingerprint density at radius 3 is 3.00 bits per heavy atom. The van der Waals surface area contributed by atoms with Gasteiger partial charge in [0.25, 0.3) is 0 Å². The number of esters is 1. The van der Waals surface area contributed by atoms with Crippen molar-refractivity contribution in [2.24, 2.45) is 5.73 Å². The average Bonchev–Trinajstić information content (AvgIpc) is 2.18. The molecular weight excluding hydrogens is 192 g/mol. The summed E-state index contributed by atoms with van der Waals surface area (Å²) in [7, 11) is 0. The standard InChI is InChI=1S/C11H16N2O2/c1-3-15-11(14)6-10(12)9-7-13-5-4-8(9)2/h4-5,7,10H,3,6,12H2,1-2H3. The summed E-state index contributed by atoms with van der Waals surface area (Å²) in [5.74, 6) is -0.270. The van der Waals surface area contributed by atoms with Gasteiger partial charge in [0.05, 0.1) is 13.0 Å². The summed E-state index contributed by atoms with van der Waals surface area (Å²) in [6.45, 7) is 4.11. The second kappa shape index (κ2) is 5.46. The van der Waals surface area contributed by atoms with E-state index in [1.54, 1.807) is 19.3 Å². The normalized spacial score (nSPS) is 12.2. The van der Waals surface area contributed by atoms with Crippen LogP contribution in [0.5, 0.6) is 0 Å². The number of rotatable bonds is 4. The Balaban J connectivity index is 2.65. The maximum Gasteiger partial charge on any atom is 0.307 e. The van der Waals surface area contributed by atoms with Crippen molar-refractivity contribution in [1.82, 2.24) is 4.98 Å². The van der Waals surface area contributed by atoms with Crippen molar-refractivity contribution >= 4 is 5.97 Å². The molecule has 1 aromatic rings. The minimum atomic E-state index is -0.335. The number of nitrogens with two attached hydrogens (primary N) is 1. The van der Waals surface area contributed by atoms with Gasteiger partial charge >= 0.3 is 5.97 Å². The molecule has 0 bridgehead atoms. The molecule has 82 valence electrons. The number of hydrogen-bond donors (Lipinski definition) is 1. The quantitative estimate of drug-likeness (QED) is 0.758. The van der Waals surface area contributed by atoms with Crippen LogP contribution in [-0.4, -0.2) is 17.6 Å². The van der Waals surface area contributed by atoms with Gasteiger partial charge in [0.15, 0.2) is 0 Å². The molecule has 2 N–H and O–H groups in total. The molecule has 1 atom stereocenters. The van der Waals surface area contributed by atoms with Crippen molar-refractivity contribution in [2.75, 3.05) is 6.61 Å². The van der Waals surface area contributed by atoms with Crippen LogP contribution in [0.25, 0.3) is 0 Å². The Morgan fingerprint density at radius 1 is 1.67 bits per heavy atom. The number of hydrogen-bond acceptors (Lipinski definition) is 4. The van der Waals surface area contributed by atoms with Gasteiger partial charge < -0.3 is 10.5 Å². The number of carbonyl (C=O) groups excluding carboxylic acids is 1. The van der Waals surface area contributed by atoms with E-state index in [0.717, 1.165) is 11.1 Å². The fourth-order valence-electron chi connectivity index (χ4n) is 1.37. The van der Waals surface area contributed by atoms with Crippen molar-refractivity contribution < 1.29 is 9.53 Å². The van der Waals surface area contributed by atoms with Gasteiger partial charge in [-0.25, -0.2) is 0 Å². The highest BCUT2D eigenvalue weighted by Crippen LogP contribution is 2.17. The SMILES string of the molecule is CCOC(=O)CC(N)c1cnccc1C. The van der Waals surface area contributed by atoms with Gasteiger partial charge in [0.2, 0.25) is 0 Å². The highest BCUT2D eigenvalue weighted by atomic mass is 16.5. The van der Waals surface area contributed by atoms with Crippen molar-refractivity contribution in [3.63, 3.8) is 0 Å². The molecule has 4 nitrogen and oxygen atoms in total. The predicted molar refractivity (Wildman–Crippen MR) is 57.2 cm³/mol. The van der Waals surface area contributed by atoms with Crippen molar-refractivity contribution in [3.05, 3.63) is 29.6 Å². The molecule has 1 aromatic heterocycles. The molecule has 0 aliphatic rings. The lowest BCUT2D eigenvalue weighted by Gasteiger charge is -2.12. The lowest BCUT2D eigenvalue weighted by molar-refractivity contribution is -0.143. The van der Waals surface area contributed by atoms with Gasteiger partial charge in [0, 0.05) is 18.4 Å². The molecule has 1 unspecified atom stereocenters. The van der Waals surface area contributed by atoms with Crippen LogP contribution in [0.4, 0.5) is 0 Å². The third-order valence-electron chi connectivity index (χ3n) is 2.17. The first-order valence-electron chi connectivity index (χ1n) is 4.96. The van der Waals surface area contributed by atoms with Crippen LogP contribution in [0.15, 0.2) is 18.5 Å². The fourth-order valence-corrected chi connectivity index (χ4v) is 1.37. The second-order valence-electron chi connectivity index (χ2n) is 3.35. The predicted octanol–water partition coefficient (Wildman–Crippen LogP) is 1.34. The van der Waals surface area contributed by atoms with Gasteiger partial charge in [-0.15, -0.1) is 0 Å². The molecule has 0 saturated heterocycles. The summed E-state index contributed by atoms with van der Waals surface area (Å²) in [6, 6.07) is 1.54. The largest absolute Gasteiger partial charge is 0.466 e. The summed E-state index contributed by atoms with van der Waals surface area (Å²) < 4.78 is 4.83. The van der Waals surface area contributed by atoms with E-state index in [9.17, 15) is 4.79 Å². The Morgan fingerprint density at radius 2 is 2.40 bits per heavy atom. The summed E-state index contributed by atoms with van der Waals surface area (Å²) in [5.41, 5.74) is 7.82. The average molecular weight is 208 g/mol. The minimum Gasteiger partial charge on any atom is -0.466 e. The number of carbonyl (C=O) groups is 1. The van der Waals surface area contributed by atoms with Crippen LogP contribution >= 0.6 is 0 Å². The van der Waals surface area contributed by atoms with Gasteiger partial charge in [-0.3, -0.25) is 9.78 Å². The van der Waals surface area contributed by atoms with Gasteiger partial charge in [-0.1, -0.05) is 0 Å². The van der Waals surface area contributed by atoms with E-state index in [4.69, 9.17) is 10.5 Å². The smallest absolute Gasteiger partial charge is 0.307 e. The number of aryl methyl sites for hydroxylation is 1. The van der Waals surface area contributed by atoms with Crippen LogP contribution in [0.3, 0.4) is 0 Å². The maximum atomic E-state index is 11.2. The molecule has 0 amide bonds. The Hall–Kier alpha value is -1.42. The zero-order valence-electron chi connectivity index (χ0n) is 9.06. The van der Waals surface area contributed by atoms with Crippen LogP contribution in [0, 0.1) is 6.92 Å². The summed E-state index contributed by atoms with van der Waals surface area (Å²) in [4.78, 5) is 15.2. The Labute approximate surface area is 89.5 Å². The molecule has 0 spiro atoms. The van der Waals surface area contributed by atoms with Gasteiger partial charge in [0.1, 0.15) is 0 Å². The van der Waals surface area contributed by atoms with Crippen LogP contribution in [0.1, 0.15) is 30.5 Å². The molecule has 0 fully saturated rings. The monoisotopic (exact) mass is 208 g/mol. The van der Waals surface area contributed by atoms with E-state index in [2.05, 4.69) is 4.98 Å². The summed E-state index contributed by atoms with van der Waals surface area (Å²) in [6.07, 6.45) is 3.59. The van der Waals surface area contributed by atoms with Crippen LogP contribution < -0.4 is 5.73 Å². The van der Waals surface area contributed by atoms with E-state index in [0.29, 0.717) is 6.61 Å². The topological polar surface area (TPSA) is 65.2 Å². The lowest BCUT2D eigenvalue weighted by Crippen LogP contribution is -2.18. The first kappa shape index (κ1) is 11.7. The molecule has 0 aromatic carbocycles. The van der Waals surface area contributed by atoms with Crippen LogP contribution in [-0.2, 0) is 9.53 Å². The Bertz CT molecular complexity index is 339. The minimum absolute atomic E-state index is 0.195. The molecule has 4 heteroatoms. The molecule has 0 aliphatic carbocycles. The molecule has 1 heterocycles. The molecule has 0 aliphatic heterocycles. The molecular formula is C11H16N2O2. The molecule has 0 saturated carbocycles. The third-order valence-corrected chi connectivity index (χ3v) is 2.17. The Kier molecular flexibility index (Phi) is 4.24. The second-order valence-corrected chi connectivity index (χ2v) is 3.35. The summed E-state index contributed by atoms with van der Waals surface area (Å²) >= 11 is 0.